The number of nitrogens with one attached hydrogen (secondary N) is 2. The SMILES string of the molecule is O=C(NCc1ccc(C(=O)O)nc1)Nc1cnns1. The second-order valence-corrected chi connectivity index (χ2v) is 4.23. The molecule has 0 spiro atoms. The molecule has 0 aliphatic rings. The van der Waals surface area contributed by atoms with Crippen molar-refractivity contribution in [1.29, 1.82) is 0 Å². The van der Waals surface area contributed by atoms with E-state index in [4.69, 9.17) is 5.11 Å². The Bertz CT molecular complexity index is 569. The van der Waals surface area contributed by atoms with Crippen molar-refractivity contribution < 1.29 is 14.7 Å². The predicted octanol–water partition coefficient (Wildman–Crippen LogP) is 0.953. The molecule has 0 atom stereocenters. The Morgan fingerprint density at radius 1 is 1.32 bits per heavy atom. The molecule has 2 rings (SSSR count). The van der Waals surface area contributed by atoms with Gasteiger partial charge in [-0.05, 0) is 11.6 Å². The fourth-order valence-electron chi connectivity index (χ4n) is 1.22. The molecule has 0 unspecified atom stereocenters. The highest BCUT2D eigenvalue weighted by molar-refractivity contribution is 7.10. The highest BCUT2D eigenvalue weighted by atomic mass is 32.1. The largest absolute Gasteiger partial charge is 0.477 e. The van der Waals surface area contributed by atoms with Gasteiger partial charge in [-0.3, -0.25) is 5.32 Å². The van der Waals surface area contributed by atoms with Crippen molar-refractivity contribution >= 4 is 28.5 Å². The second-order valence-electron chi connectivity index (χ2n) is 3.45. The summed E-state index contributed by atoms with van der Waals surface area (Å²) in [5, 5.41) is 18.0. The van der Waals surface area contributed by atoms with Gasteiger partial charge in [0.05, 0.1) is 6.20 Å². The van der Waals surface area contributed by atoms with Gasteiger partial charge in [-0.2, -0.15) is 0 Å². The van der Waals surface area contributed by atoms with Crippen LogP contribution in [0.3, 0.4) is 0 Å². The van der Waals surface area contributed by atoms with Gasteiger partial charge in [0.2, 0.25) is 0 Å². The molecule has 9 heteroatoms. The average Bonchev–Trinajstić information content (AvgIpc) is 2.89. The Morgan fingerprint density at radius 2 is 2.16 bits per heavy atom. The number of anilines is 1. The normalized spacial score (nSPS) is 9.89. The van der Waals surface area contributed by atoms with Gasteiger partial charge in [0, 0.05) is 24.3 Å². The molecule has 2 aromatic rings. The average molecular weight is 279 g/mol. The van der Waals surface area contributed by atoms with Gasteiger partial charge in [-0.15, -0.1) is 5.10 Å². The monoisotopic (exact) mass is 279 g/mol. The quantitative estimate of drug-likeness (QED) is 0.767. The number of carboxylic acid groups (broad SMARTS) is 1. The minimum atomic E-state index is -1.09. The zero-order chi connectivity index (χ0) is 13.7. The minimum Gasteiger partial charge on any atom is -0.477 e. The molecule has 0 aromatic carbocycles. The predicted molar refractivity (Wildman–Crippen MR) is 67.0 cm³/mol. The molecule has 0 aliphatic carbocycles. The Kier molecular flexibility index (Phi) is 3.98. The summed E-state index contributed by atoms with van der Waals surface area (Å²) in [7, 11) is 0. The van der Waals surface area contributed by atoms with Crippen LogP contribution in [0.25, 0.3) is 0 Å². The van der Waals surface area contributed by atoms with Crippen molar-refractivity contribution in [2.75, 3.05) is 5.32 Å². The van der Waals surface area contributed by atoms with Crippen molar-refractivity contribution in [2.24, 2.45) is 0 Å². The molecule has 0 fully saturated rings. The zero-order valence-corrected chi connectivity index (χ0v) is 10.3. The number of hydrogen-bond donors (Lipinski definition) is 3. The number of aromatic nitrogens is 3. The summed E-state index contributed by atoms with van der Waals surface area (Å²) >= 11 is 1.07. The molecule has 0 radical (unpaired) electrons. The van der Waals surface area contributed by atoms with E-state index in [1.54, 1.807) is 6.07 Å². The number of pyridine rings is 1. The summed E-state index contributed by atoms with van der Waals surface area (Å²) in [4.78, 5) is 25.8. The summed E-state index contributed by atoms with van der Waals surface area (Å²) in [6.45, 7) is 0.241. The lowest BCUT2D eigenvalue weighted by molar-refractivity contribution is 0.0690. The molecule has 2 amide bonds. The maximum absolute atomic E-state index is 11.5. The number of carbonyl (C=O) groups is 2. The number of amides is 2. The molecule has 3 N–H and O–H groups in total. The first-order valence-electron chi connectivity index (χ1n) is 5.15. The molecule has 8 nitrogen and oxygen atoms in total. The van der Waals surface area contributed by atoms with Gasteiger partial charge in [0.1, 0.15) is 10.7 Å². The van der Waals surface area contributed by atoms with E-state index < -0.39 is 12.0 Å². The summed E-state index contributed by atoms with van der Waals surface area (Å²) in [5.74, 6) is -1.09. The summed E-state index contributed by atoms with van der Waals surface area (Å²) in [5.41, 5.74) is 0.659. The molecule has 0 aliphatic heterocycles. The van der Waals surface area contributed by atoms with Crippen LogP contribution in [-0.2, 0) is 6.54 Å². The van der Waals surface area contributed by atoms with Crippen LogP contribution in [0.15, 0.2) is 24.5 Å². The molecule has 0 saturated heterocycles. The van der Waals surface area contributed by atoms with E-state index in [1.807, 2.05) is 0 Å². The van der Waals surface area contributed by atoms with Crippen LogP contribution in [0.4, 0.5) is 9.80 Å². The van der Waals surface area contributed by atoms with Gasteiger partial charge >= 0.3 is 12.0 Å². The van der Waals surface area contributed by atoms with Gasteiger partial charge in [-0.25, -0.2) is 14.6 Å². The summed E-state index contributed by atoms with van der Waals surface area (Å²) in [6.07, 6.45) is 2.84. The second kappa shape index (κ2) is 5.87. The van der Waals surface area contributed by atoms with Crippen LogP contribution in [-0.4, -0.2) is 31.7 Å². The highest BCUT2D eigenvalue weighted by Gasteiger charge is 2.05. The maximum atomic E-state index is 11.5. The van der Waals surface area contributed by atoms with Gasteiger partial charge in [-0.1, -0.05) is 10.6 Å². The fourth-order valence-corrected chi connectivity index (χ4v) is 1.63. The number of hydrogen-bond acceptors (Lipinski definition) is 6. The number of carboxylic acids is 1. The Morgan fingerprint density at radius 3 is 2.74 bits per heavy atom. The number of rotatable bonds is 4. The standard InChI is InChI=1S/C10H9N5O3S/c16-9(17)7-2-1-6(3-11-7)4-12-10(18)14-8-5-13-15-19-8/h1-3,5H,4H2,(H,16,17)(H2,12,14,18). The van der Waals surface area contributed by atoms with Crippen molar-refractivity contribution in [3.8, 4) is 0 Å². The smallest absolute Gasteiger partial charge is 0.354 e. The Balaban J connectivity index is 1.84. The van der Waals surface area contributed by atoms with E-state index in [9.17, 15) is 9.59 Å². The van der Waals surface area contributed by atoms with Crippen LogP contribution in [0.1, 0.15) is 16.1 Å². The lowest BCUT2D eigenvalue weighted by atomic mass is 10.2. The topological polar surface area (TPSA) is 117 Å². The van der Waals surface area contributed by atoms with E-state index in [2.05, 4.69) is 25.2 Å². The third kappa shape index (κ3) is 3.71. The maximum Gasteiger partial charge on any atom is 0.354 e. The van der Waals surface area contributed by atoms with Crippen LogP contribution in [0, 0.1) is 0 Å². The lowest BCUT2D eigenvalue weighted by Gasteiger charge is -2.05. The summed E-state index contributed by atoms with van der Waals surface area (Å²) < 4.78 is 3.60. The molecular weight excluding hydrogens is 270 g/mol. The third-order valence-corrected chi connectivity index (χ3v) is 2.68. The third-order valence-electron chi connectivity index (χ3n) is 2.09. The van der Waals surface area contributed by atoms with Gasteiger partial charge < -0.3 is 10.4 Å². The zero-order valence-electron chi connectivity index (χ0n) is 9.53. The van der Waals surface area contributed by atoms with Crippen LogP contribution < -0.4 is 10.6 Å². The van der Waals surface area contributed by atoms with E-state index in [-0.39, 0.29) is 12.2 Å². The lowest BCUT2D eigenvalue weighted by Crippen LogP contribution is -2.27. The van der Waals surface area contributed by atoms with Crippen LogP contribution in [0.2, 0.25) is 0 Å². The molecular formula is C10H9N5O3S. The number of urea groups is 1. The van der Waals surface area contributed by atoms with E-state index in [0.717, 1.165) is 11.5 Å². The van der Waals surface area contributed by atoms with E-state index in [0.29, 0.717) is 10.6 Å². The summed E-state index contributed by atoms with van der Waals surface area (Å²) in [6, 6.07) is 2.57. The van der Waals surface area contributed by atoms with E-state index >= 15 is 0 Å². The number of nitrogens with zero attached hydrogens (tertiary/aromatic N) is 3. The first-order chi connectivity index (χ1) is 9.15. The van der Waals surface area contributed by atoms with Gasteiger partial charge in [0.25, 0.3) is 0 Å². The van der Waals surface area contributed by atoms with Crippen molar-refractivity contribution in [3.63, 3.8) is 0 Å². The first-order valence-corrected chi connectivity index (χ1v) is 5.93. The van der Waals surface area contributed by atoms with Crippen molar-refractivity contribution in [3.05, 3.63) is 35.8 Å². The fraction of sp³-hybridized carbons (Fsp3) is 0.100. The minimum absolute atomic E-state index is 0.0380. The first kappa shape index (κ1) is 12.9. The van der Waals surface area contributed by atoms with Crippen LogP contribution >= 0.6 is 11.5 Å². The Hall–Kier alpha value is -2.55. The highest BCUT2D eigenvalue weighted by Crippen LogP contribution is 2.08. The molecule has 0 bridgehead atoms. The Labute approximate surface area is 111 Å². The van der Waals surface area contributed by atoms with Crippen LogP contribution in [0.5, 0.6) is 0 Å². The van der Waals surface area contributed by atoms with Gasteiger partial charge in [0.15, 0.2) is 0 Å². The molecule has 0 saturated carbocycles. The van der Waals surface area contributed by atoms with E-state index in [1.165, 1.54) is 18.5 Å². The molecule has 2 aromatic heterocycles. The number of carbonyl (C=O) groups excluding carboxylic acids is 1. The molecule has 19 heavy (non-hydrogen) atoms. The molecule has 2 heterocycles. The van der Waals surface area contributed by atoms with Crippen molar-refractivity contribution in [1.82, 2.24) is 19.9 Å². The number of aromatic carboxylic acids is 1. The molecule has 98 valence electrons. The van der Waals surface area contributed by atoms with Crippen molar-refractivity contribution in [2.45, 2.75) is 6.54 Å².